The molecule has 5 nitrogen and oxygen atoms in total. The van der Waals surface area contributed by atoms with Crippen molar-refractivity contribution in [3.8, 4) is 0 Å². The van der Waals surface area contributed by atoms with Crippen LogP contribution in [-0.2, 0) is 16.1 Å². The van der Waals surface area contributed by atoms with Gasteiger partial charge in [0, 0.05) is 11.4 Å². The Morgan fingerprint density at radius 3 is 2.38 bits per heavy atom. The van der Waals surface area contributed by atoms with Crippen molar-refractivity contribution in [3.63, 3.8) is 0 Å². The van der Waals surface area contributed by atoms with Crippen molar-refractivity contribution in [1.82, 2.24) is 10.6 Å². The lowest BCUT2D eigenvalue weighted by Crippen LogP contribution is -2.35. The molecule has 0 aliphatic carbocycles. The van der Waals surface area contributed by atoms with E-state index in [9.17, 15) is 9.59 Å². The maximum Gasteiger partial charge on any atom is 0.337 e. The number of nitrogens with one attached hydrogen (secondary N) is 2. The van der Waals surface area contributed by atoms with E-state index in [1.165, 1.54) is 17.6 Å². The first-order chi connectivity index (χ1) is 14.1. The number of hydrogen-bond donors (Lipinski definition) is 2. The fourth-order valence-corrected chi connectivity index (χ4v) is 3.76. The van der Waals surface area contributed by atoms with Crippen LogP contribution in [0.5, 0.6) is 0 Å². The number of ether oxygens (including phenoxy) is 1. The van der Waals surface area contributed by atoms with Gasteiger partial charge in [-0.15, -0.1) is 11.3 Å². The van der Waals surface area contributed by atoms with E-state index in [0.717, 1.165) is 11.1 Å². The standard InChI is InChI=1S/C23H24N2O3S/c1-16-5-9-18(10-6-16)22(20-4-3-13-29-20)25-15-21(26)24-14-17-7-11-19(12-8-17)23(27)28-2/h3-13,22,25H,14-15H2,1-2H3,(H,24,26)/t22-/m1/s1. The molecule has 0 saturated heterocycles. The molecule has 1 aromatic heterocycles. The average Bonchev–Trinajstić information content (AvgIpc) is 3.28. The fraction of sp³-hybridized carbons (Fsp3) is 0.217. The Morgan fingerprint density at radius 2 is 1.76 bits per heavy atom. The molecule has 6 heteroatoms. The zero-order valence-corrected chi connectivity index (χ0v) is 17.3. The van der Waals surface area contributed by atoms with Gasteiger partial charge in [-0.2, -0.15) is 0 Å². The van der Waals surface area contributed by atoms with Gasteiger partial charge in [-0.05, 0) is 41.6 Å². The summed E-state index contributed by atoms with van der Waals surface area (Å²) in [4.78, 5) is 25.0. The van der Waals surface area contributed by atoms with Gasteiger partial charge in [-0.1, -0.05) is 48.0 Å². The number of benzene rings is 2. The molecule has 3 rings (SSSR count). The van der Waals surface area contributed by atoms with Crippen LogP contribution in [0.1, 0.15) is 38.0 Å². The highest BCUT2D eigenvalue weighted by Gasteiger charge is 2.16. The number of carbonyl (C=O) groups is 2. The number of carbonyl (C=O) groups excluding carboxylic acids is 2. The second kappa shape index (κ2) is 10.0. The average molecular weight is 409 g/mol. The molecule has 3 aromatic rings. The lowest BCUT2D eigenvalue weighted by molar-refractivity contribution is -0.120. The van der Waals surface area contributed by atoms with Gasteiger partial charge in [-0.25, -0.2) is 4.79 Å². The SMILES string of the molecule is COC(=O)c1ccc(CNC(=O)CN[C@H](c2ccc(C)cc2)c2cccs2)cc1. The maximum absolute atomic E-state index is 12.4. The van der Waals surface area contributed by atoms with Crippen LogP contribution < -0.4 is 10.6 Å². The third-order valence-electron chi connectivity index (χ3n) is 4.57. The molecule has 0 unspecified atom stereocenters. The molecule has 0 radical (unpaired) electrons. The van der Waals surface area contributed by atoms with Crippen LogP contribution in [0.3, 0.4) is 0 Å². The number of amides is 1. The predicted molar refractivity (Wildman–Crippen MR) is 115 cm³/mol. The highest BCUT2D eigenvalue weighted by molar-refractivity contribution is 7.10. The molecular weight excluding hydrogens is 384 g/mol. The Hall–Kier alpha value is -2.96. The van der Waals surface area contributed by atoms with Gasteiger partial charge >= 0.3 is 5.97 Å². The number of rotatable bonds is 8. The lowest BCUT2D eigenvalue weighted by atomic mass is 10.0. The third kappa shape index (κ3) is 5.76. The van der Waals surface area contributed by atoms with E-state index in [1.54, 1.807) is 35.6 Å². The molecule has 29 heavy (non-hydrogen) atoms. The molecule has 2 N–H and O–H groups in total. The summed E-state index contributed by atoms with van der Waals surface area (Å²) in [7, 11) is 1.35. The summed E-state index contributed by atoms with van der Waals surface area (Å²) in [6.07, 6.45) is 0. The minimum Gasteiger partial charge on any atom is -0.465 e. The van der Waals surface area contributed by atoms with Crippen molar-refractivity contribution in [1.29, 1.82) is 0 Å². The highest BCUT2D eigenvalue weighted by atomic mass is 32.1. The Bertz CT molecular complexity index is 935. The van der Waals surface area contributed by atoms with Crippen molar-refractivity contribution >= 4 is 23.2 Å². The van der Waals surface area contributed by atoms with E-state index < -0.39 is 0 Å². The summed E-state index contributed by atoms with van der Waals surface area (Å²) < 4.78 is 4.69. The van der Waals surface area contributed by atoms with Gasteiger partial charge in [0.25, 0.3) is 0 Å². The summed E-state index contributed by atoms with van der Waals surface area (Å²) in [5.41, 5.74) is 3.74. The normalized spacial score (nSPS) is 11.7. The van der Waals surface area contributed by atoms with Crippen LogP contribution in [0.25, 0.3) is 0 Å². The second-order valence-corrected chi connectivity index (χ2v) is 7.68. The van der Waals surface area contributed by atoms with Crippen molar-refractivity contribution in [2.45, 2.75) is 19.5 Å². The largest absolute Gasteiger partial charge is 0.465 e. The summed E-state index contributed by atoms with van der Waals surface area (Å²) in [5, 5.41) is 8.31. The van der Waals surface area contributed by atoms with Gasteiger partial charge in [0.2, 0.25) is 5.91 Å². The quantitative estimate of drug-likeness (QED) is 0.556. The fourth-order valence-electron chi connectivity index (χ4n) is 2.93. The Morgan fingerprint density at radius 1 is 1.03 bits per heavy atom. The Labute approximate surface area is 174 Å². The summed E-state index contributed by atoms with van der Waals surface area (Å²) >= 11 is 1.67. The highest BCUT2D eigenvalue weighted by Crippen LogP contribution is 2.26. The Kier molecular flexibility index (Phi) is 7.16. The molecule has 1 amide bonds. The van der Waals surface area contributed by atoms with Crippen LogP contribution in [0, 0.1) is 6.92 Å². The van der Waals surface area contributed by atoms with Gasteiger partial charge < -0.3 is 10.1 Å². The minimum absolute atomic E-state index is 0.0271. The van der Waals surface area contributed by atoms with Gasteiger partial charge in [0.15, 0.2) is 0 Å². The molecule has 1 atom stereocenters. The second-order valence-electron chi connectivity index (χ2n) is 6.71. The van der Waals surface area contributed by atoms with Gasteiger partial charge in [-0.3, -0.25) is 10.1 Å². The number of methoxy groups -OCH3 is 1. The van der Waals surface area contributed by atoms with Crippen LogP contribution in [0.2, 0.25) is 0 Å². The first-order valence-electron chi connectivity index (χ1n) is 9.34. The first-order valence-corrected chi connectivity index (χ1v) is 10.2. The number of hydrogen-bond acceptors (Lipinski definition) is 5. The van der Waals surface area contributed by atoms with E-state index in [2.05, 4.69) is 52.6 Å². The summed E-state index contributed by atoms with van der Waals surface area (Å²) in [6, 6.07) is 19.4. The predicted octanol–water partition coefficient (Wildman–Crippen LogP) is 3.84. The minimum atomic E-state index is -0.375. The van der Waals surface area contributed by atoms with Crippen molar-refractivity contribution < 1.29 is 14.3 Å². The van der Waals surface area contributed by atoms with Crippen LogP contribution in [0.4, 0.5) is 0 Å². The summed E-state index contributed by atoms with van der Waals surface area (Å²) in [6.45, 7) is 2.66. The summed E-state index contributed by atoms with van der Waals surface area (Å²) in [5.74, 6) is -0.462. The Balaban J connectivity index is 1.56. The van der Waals surface area contributed by atoms with Crippen LogP contribution >= 0.6 is 11.3 Å². The molecule has 0 bridgehead atoms. The third-order valence-corrected chi connectivity index (χ3v) is 5.51. The zero-order chi connectivity index (χ0) is 20.6. The topological polar surface area (TPSA) is 67.4 Å². The monoisotopic (exact) mass is 408 g/mol. The molecular formula is C23H24N2O3S. The van der Waals surface area contributed by atoms with Crippen LogP contribution in [0.15, 0.2) is 66.0 Å². The maximum atomic E-state index is 12.4. The number of thiophene rings is 1. The van der Waals surface area contributed by atoms with E-state index in [0.29, 0.717) is 12.1 Å². The van der Waals surface area contributed by atoms with Crippen molar-refractivity contribution in [3.05, 3.63) is 93.2 Å². The molecule has 0 spiro atoms. The van der Waals surface area contributed by atoms with Crippen molar-refractivity contribution in [2.24, 2.45) is 0 Å². The molecule has 2 aromatic carbocycles. The van der Waals surface area contributed by atoms with E-state index in [-0.39, 0.29) is 24.5 Å². The van der Waals surface area contributed by atoms with E-state index >= 15 is 0 Å². The lowest BCUT2D eigenvalue weighted by Gasteiger charge is -2.18. The molecule has 0 saturated carbocycles. The number of esters is 1. The number of aryl methyl sites for hydroxylation is 1. The van der Waals surface area contributed by atoms with Crippen molar-refractivity contribution in [2.75, 3.05) is 13.7 Å². The van der Waals surface area contributed by atoms with E-state index in [4.69, 9.17) is 0 Å². The van der Waals surface area contributed by atoms with Gasteiger partial charge in [0.1, 0.15) is 0 Å². The first kappa shape index (κ1) is 20.8. The van der Waals surface area contributed by atoms with E-state index in [1.807, 2.05) is 11.4 Å². The molecule has 150 valence electrons. The van der Waals surface area contributed by atoms with Gasteiger partial charge in [0.05, 0.1) is 25.3 Å². The zero-order valence-electron chi connectivity index (χ0n) is 16.5. The molecule has 0 aliphatic heterocycles. The molecule has 0 aliphatic rings. The molecule has 0 fully saturated rings. The smallest absolute Gasteiger partial charge is 0.337 e. The van der Waals surface area contributed by atoms with Crippen LogP contribution in [-0.4, -0.2) is 25.5 Å². The molecule has 1 heterocycles.